The molecule has 0 aliphatic carbocycles. The summed E-state index contributed by atoms with van der Waals surface area (Å²) in [7, 11) is 0. The van der Waals surface area contributed by atoms with Crippen molar-refractivity contribution >= 4 is 29.3 Å². The van der Waals surface area contributed by atoms with Crippen LogP contribution in [0.2, 0.25) is 5.15 Å². The van der Waals surface area contributed by atoms with E-state index in [0.29, 0.717) is 24.3 Å². The van der Waals surface area contributed by atoms with Crippen molar-refractivity contribution in [2.45, 2.75) is 6.42 Å². The molecule has 0 saturated carbocycles. The highest BCUT2D eigenvalue weighted by Gasteiger charge is 2.03. The van der Waals surface area contributed by atoms with Crippen molar-refractivity contribution in [3.63, 3.8) is 0 Å². The predicted molar refractivity (Wildman–Crippen MR) is 78.6 cm³/mol. The maximum atomic E-state index is 11.1. The quantitative estimate of drug-likeness (QED) is 0.723. The van der Waals surface area contributed by atoms with Gasteiger partial charge in [0.1, 0.15) is 11.0 Å². The predicted octanol–water partition coefficient (Wildman–Crippen LogP) is 1.47. The van der Waals surface area contributed by atoms with Gasteiger partial charge in [-0.25, -0.2) is 4.98 Å². The third kappa shape index (κ3) is 3.83. The Hall–Kier alpha value is -2.34. The Morgan fingerprint density at radius 2 is 2.10 bits per heavy atom. The van der Waals surface area contributed by atoms with Gasteiger partial charge < -0.3 is 16.8 Å². The fourth-order valence-electron chi connectivity index (χ4n) is 1.74. The van der Waals surface area contributed by atoms with Crippen LogP contribution in [0.1, 0.15) is 15.9 Å². The second-order valence-corrected chi connectivity index (χ2v) is 4.56. The molecule has 20 heavy (non-hydrogen) atoms. The summed E-state index contributed by atoms with van der Waals surface area (Å²) in [5.41, 5.74) is 12.2. The highest BCUT2D eigenvalue weighted by atomic mass is 35.5. The molecule has 2 aromatic rings. The number of nitrogens with one attached hydrogen (secondary N) is 1. The van der Waals surface area contributed by atoms with Gasteiger partial charge in [0, 0.05) is 18.2 Å². The average molecular weight is 292 g/mol. The van der Waals surface area contributed by atoms with Gasteiger partial charge in [0.05, 0.1) is 0 Å². The van der Waals surface area contributed by atoms with Crippen molar-refractivity contribution in [3.05, 3.63) is 46.6 Å². The topological polar surface area (TPSA) is 107 Å². The molecular weight excluding hydrogens is 278 g/mol. The van der Waals surface area contributed by atoms with Gasteiger partial charge in [-0.1, -0.05) is 23.7 Å². The molecule has 5 N–H and O–H groups in total. The largest absolute Gasteiger partial charge is 0.370 e. The molecule has 0 spiro atoms. The van der Waals surface area contributed by atoms with E-state index in [1.807, 2.05) is 6.07 Å². The zero-order valence-corrected chi connectivity index (χ0v) is 11.4. The molecule has 0 bridgehead atoms. The lowest BCUT2D eigenvalue weighted by molar-refractivity contribution is 0.1000. The number of hydrogen-bond acceptors (Lipinski definition) is 5. The number of amides is 1. The lowest BCUT2D eigenvalue weighted by Crippen LogP contribution is -2.12. The first-order chi connectivity index (χ1) is 9.54. The summed E-state index contributed by atoms with van der Waals surface area (Å²) in [6.07, 6.45) is 0.711. The van der Waals surface area contributed by atoms with E-state index in [1.165, 1.54) is 0 Å². The number of hydrogen-bond donors (Lipinski definition) is 3. The molecule has 0 aliphatic heterocycles. The molecular formula is C13H14ClN5O. The second kappa shape index (κ2) is 6.21. The Labute approximate surface area is 121 Å². The Morgan fingerprint density at radius 3 is 2.80 bits per heavy atom. The van der Waals surface area contributed by atoms with E-state index in [2.05, 4.69) is 15.3 Å². The lowest BCUT2D eigenvalue weighted by atomic mass is 10.1. The number of nitrogens with two attached hydrogens (primary N) is 2. The first-order valence-electron chi connectivity index (χ1n) is 5.97. The van der Waals surface area contributed by atoms with Crippen LogP contribution in [-0.4, -0.2) is 22.4 Å². The van der Waals surface area contributed by atoms with Gasteiger partial charge >= 0.3 is 0 Å². The van der Waals surface area contributed by atoms with Gasteiger partial charge in [0.25, 0.3) is 0 Å². The van der Waals surface area contributed by atoms with Crippen molar-refractivity contribution in [2.24, 2.45) is 5.73 Å². The van der Waals surface area contributed by atoms with E-state index in [1.54, 1.807) is 24.3 Å². The van der Waals surface area contributed by atoms with E-state index in [0.717, 1.165) is 5.56 Å². The molecule has 0 atom stereocenters. The monoisotopic (exact) mass is 291 g/mol. The molecule has 6 nitrogen and oxygen atoms in total. The lowest BCUT2D eigenvalue weighted by Gasteiger charge is -2.07. The van der Waals surface area contributed by atoms with Crippen LogP contribution in [-0.2, 0) is 6.42 Å². The Morgan fingerprint density at radius 1 is 1.30 bits per heavy atom. The van der Waals surface area contributed by atoms with Gasteiger partial charge in [0.2, 0.25) is 11.9 Å². The van der Waals surface area contributed by atoms with E-state index >= 15 is 0 Å². The third-order valence-electron chi connectivity index (χ3n) is 2.64. The van der Waals surface area contributed by atoms with Crippen LogP contribution in [0.25, 0.3) is 0 Å². The maximum Gasteiger partial charge on any atom is 0.248 e. The summed E-state index contributed by atoms with van der Waals surface area (Å²) in [4.78, 5) is 18.9. The molecule has 0 saturated heterocycles. The summed E-state index contributed by atoms with van der Waals surface area (Å²) in [5.74, 6) is 0.249. The number of carbonyl (C=O) groups is 1. The molecule has 1 amide bonds. The van der Waals surface area contributed by atoms with E-state index in [-0.39, 0.29) is 11.1 Å². The number of nitrogen functional groups attached to an aromatic ring is 1. The zero-order valence-electron chi connectivity index (χ0n) is 10.6. The van der Waals surface area contributed by atoms with E-state index in [9.17, 15) is 4.79 Å². The molecule has 1 aromatic carbocycles. The summed E-state index contributed by atoms with van der Waals surface area (Å²) >= 11 is 5.78. The van der Waals surface area contributed by atoms with Crippen molar-refractivity contribution in [3.8, 4) is 0 Å². The average Bonchev–Trinajstić information content (AvgIpc) is 2.38. The molecule has 0 fully saturated rings. The zero-order chi connectivity index (χ0) is 14.5. The minimum atomic E-state index is -0.435. The molecule has 0 radical (unpaired) electrons. The summed E-state index contributed by atoms with van der Waals surface area (Å²) in [5, 5.41) is 3.38. The molecule has 0 unspecified atom stereocenters. The highest BCUT2D eigenvalue weighted by Crippen LogP contribution is 2.12. The minimum absolute atomic E-state index is 0.121. The Bertz CT molecular complexity index is 612. The van der Waals surface area contributed by atoms with Crippen LogP contribution in [0.15, 0.2) is 30.3 Å². The van der Waals surface area contributed by atoms with Gasteiger partial charge in [-0.15, -0.1) is 0 Å². The smallest absolute Gasteiger partial charge is 0.248 e. The van der Waals surface area contributed by atoms with E-state index < -0.39 is 5.91 Å². The van der Waals surface area contributed by atoms with Crippen LogP contribution >= 0.6 is 11.6 Å². The van der Waals surface area contributed by atoms with Crippen LogP contribution in [0, 0.1) is 0 Å². The Balaban J connectivity index is 1.95. The number of nitrogens with zero attached hydrogens (tertiary/aromatic N) is 2. The number of halogens is 1. The Kier molecular flexibility index (Phi) is 4.37. The summed E-state index contributed by atoms with van der Waals surface area (Å²) in [6.45, 7) is 0.620. The molecule has 104 valence electrons. The van der Waals surface area contributed by atoms with E-state index in [4.69, 9.17) is 23.1 Å². The van der Waals surface area contributed by atoms with Gasteiger partial charge in [-0.3, -0.25) is 4.79 Å². The molecule has 2 rings (SSSR count). The van der Waals surface area contributed by atoms with Crippen LogP contribution in [0.5, 0.6) is 0 Å². The summed E-state index contributed by atoms with van der Waals surface area (Å²) < 4.78 is 0. The number of aromatic nitrogens is 2. The third-order valence-corrected chi connectivity index (χ3v) is 2.84. The normalized spacial score (nSPS) is 10.2. The fraction of sp³-hybridized carbons (Fsp3) is 0.154. The molecule has 7 heteroatoms. The summed E-state index contributed by atoms with van der Waals surface area (Å²) in [6, 6.07) is 8.78. The number of rotatable bonds is 5. The van der Waals surface area contributed by atoms with Crippen molar-refractivity contribution in [1.29, 1.82) is 0 Å². The van der Waals surface area contributed by atoms with Crippen molar-refractivity contribution in [1.82, 2.24) is 9.97 Å². The first-order valence-corrected chi connectivity index (χ1v) is 6.35. The maximum absolute atomic E-state index is 11.1. The highest BCUT2D eigenvalue weighted by molar-refractivity contribution is 6.29. The van der Waals surface area contributed by atoms with Crippen molar-refractivity contribution < 1.29 is 4.79 Å². The van der Waals surface area contributed by atoms with Gasteiger partial charge in [-0.05, 0) is 24.1 Å². The van der Waals surface area contributed by atoms with Gasteiger partial charge in [0.15, 0.2) is 0 Å². The molecule has 1 heterocycles. The number of carbonyl (C=O) groups excluding carboxylic acids is 1. The van der Waals surface area contributed by atoms with Crippen LogP contribution in [0.3, 0.4) is 0 Å². The molecule has 1 aromatic heterocycles. The number of benzene rings is 1. The standard InChI is InChI=1S/C13H14ClN5O/c14-10-7-11(19-13(16)18-10)17-5-4-8-2-1-3-9(6-8)12(15)20/h1-3,6-7H,4-5H2,(H2,15,20)(H3,16,17,18,19). The number of primary amides is 1. The molecule has 0 aliphatic rings. The fourth-order valence-corrected chi connectivity index (χ4v) is 1.93. The number of anilines is 2. The van der Waals surface area contributed by atoms with Crippen molar-refractivity contribution in [2.75, 3.05) is 17.6 Å². The second-order valence-electron chi connectivity index (χ2n) is 4.18. The first kappa shape index (κ1) is 14.1. The van der Waals surface area contributed by atoms with Gasteiger partial charge in [-0.2, -0.15) is 4.98 Å². The van der Waals surface area contributed by atoms with Crippen LogP contribution in [0.4, 0.5) is 11.8 Å². The minimum Gasteiger partial charge on any atom is -0.370 e. The van der Waals surface area contributed by atoms with Crippen LogP contribution < -0.4 is 16.8 Å². The SMILES string of the molecule is NC(=O)c1cccc(CCNc2cc(Cl)nc(N)n2)c1.